The van der Waals surface area contributed by atoms with Crippen molar-refractivity contribution in [2.75, 3.05) is 6.61 Å². The van der Waals surface area contributed by atoms with Crippen molar-refractivity contribution in [1.82, 2.24) is 0 Å². The topological polar surface area (TPSA) is 46.5 Å². The average Bonchev–Trinajstić information content (AvgIpc) is 2.43. The quantitative estimate of drug-likeness (QED) is 0.823. The summed E-state index contributed by atoms with van der Waals surface area (Å²) in [7, 11) is 0. The Morgan fingerprint density at radius 3 is 2.55 bits per heavy atom. The van der Waals surface area contributed by atoms with Gasteiger partial charge in [-0.15, -0.1) is 0 Å². The number of hydrogen-bond donors (Lipinski definition) is 1. The molecule has 0 radical (unpaired) electrons. The molecule has 1 N–H and O–H groups in total. The van der Waals surface area contributed by atoms with Gasteiger partial charge >= 0.3 is 5.97 Å². The Morgan fingerprint density at radius 1 is 1.25 bits per heavy atom. The SMILES string of the molecule is CCOC(=O)c1ccc(Sc2ccc(Br)cc2O)cc1. The smallest absolute Gasteiger partial charge is 0.338 e. The minimum Gasteiger partial charge on any atom is -0.507 e. The van der Waals surface area contributed by atoms with Crippen molar-refractivity contribution in [2.45, 2.75) is 16.7 Å². The maximum absolute atomic E-state index is 11.5. The fraction of sp³-hybridized carbons (Fsp3) is 0.133. The lowest BCUT2D eigenvalue weighted by Gasteiger charge is -2.06. The van der Waals surface area contributed by atoms with E-state index in [-0.39, 0.29) is 11.7 Å². The summed E-state index contributed by atoms with van der Waals surface area (Å²) in [5.74, 6) is -0.102. The summed E-state index contributed by atoms with van der Waals surface area (Å²) in [5, 5.41) is 9.84. The number of phenolic OH excluding ortho intramolecular Hbond substituents is 1. The highest BCUT2D eigenvalue weighted by Gasteiger charge is 2.08. The van der Waals surface area contributed by atoms with Gasteiger partial charge in [-0.3, -0.25) is 0 Å². The largest absolute Gasteiger partial charge is 0.507 e. The van der Waals surface area contributed by atoms with Gasteiger partial charge in [-0.2, -0.15) is 0 Å². The zero-order chi connectivity index (χ0) is 14.5. The van der Waals surface area contributed by atoms with Crippen molar-refractivity contribution in [3.05, 3.63) is 52.5 Å². The number of ether oxygens (including phenoxy) is 1. The van der Waals surface area contributed by atoms with Crippen molar-refractivity contribution in [3.63, 3.8) is 0 Å². The summed E-state index contributed by atoms with van der Waals surface area (Å²) in [6.07, 6.45) is 0. The molecule has 2 aromatic carbocycles. The molecule has 0 aromatic heterocycles. The number of phenols is 1. The van der Waals surface area contributed by atoms with Gasteiger partial charge in [0, 0.05) is 9.37 Å². The molecule has 0 unspecified atom stereocenters. The predicted molar refractivity (Wildman–Crippen MR) is 82.3 cm³/mol. The Morgan fingerprint density at radius 2 is 1.95 bits per heavy atom. The number of carbonyl (C=O) groups is 1. The second-order valence-electron chi connectivity index (χ2n) is 3.96. The molecule has 0 saturated heterocycles. The average molecular weight is 353 g/mol. The molecule has 0 fully saturated rings. The van der Waals surface area contributed by atoms with E-state index in [0.29, 0.717) is 12.2 Å². The van der Waals surface area contributed by atoms with Crippen molar-refractivity contribution >= 4 is 33.7 Å². The number of rotatable bonds is 4. The van der Waals surface area contributed by atoms with E-state index < -0.39 is 0 Å². The van der Waals surface area contributed by atoms with E-state index in [1.165, 1.54) is 11.8 Å². The van der Waals surface area contributed by atoms with Crippen molar-refractivity contribution in [2.24, 2.45) is 0 Å². The van der Waals surface area contributed by atoms with Crippen LogP contribution in [0.1, 0.15) is 17.3 Å². The summed E-state index contributed by atoms with van der Waals surface area (Å²) >= 11 is 4.73. The van der Waals surface area contributed by atoms with E-state index in [0.717, 1.165) is 14.3 Å². The number of aromatic hydroxyl groups is 1. The summed E-state index contributed by atoms with van der Waals surface area (Å²) in [6, 6.07) is 12.5. The second-order valence-corrected chi connectivity index (χ2v) is 5.99. The van der Waals surface area contributed by atoms with Crippen molar-refractivity contribution < 1.29 is 14.6 Å². The summed E-state index contributed by atoms with van der Waals surface area (Å²) in [4.78, 5) is 13.2. The number of halogens is 1. The monoisotopic (exact) mass is 352 g/mol. The molecule has 0 amide bonds. The molecule has 0 aliphatic carbocycles. The van der Waals surface area contributed by atoms with E-state index in [2.05, 4.69) is 15.9 Å². The number of esters is 1. The molecule has 104 valence electrons. The predicted octanol–water partition coefficient (Wildman–Crippen LogP) is 4.48. The maximum atomic E-state index is 11.5. The first-order valence-electron chi connectivity index (χ1n) is 6.03. The van der Waals surface area contributed by atoms with Crippen molar-refractivity contribution in [1.29, 1.82) is 0 Å². The molecule has 3 nitrogen and oxygen atoms in total. The van der Waals surface area contributed by atoms with Crippen LogP contribution in [0.25, 0.3) is 0 Å². The molecule has 0 spiro atoms. The number of carbonyl (C=O) groups excluding carboxylic acids is 1. The molecule has 20 heavy (non-hydrogen) atoms. The third-order valence-electron chi connectivity index (χ3n) is 2.51. The molecule has 2 aromatic rings. The summed E-state index contributed by atoms with van der Waals surface area (Å²) in [5.41, 5.74) is 0.524. The van der Waals surface area contributed by atoms with E-state index >= 15 is 0 Å². The van der Waals surface area contributed by atoms with Crippen LogP contribution in [0, 0.1) is 0 Å². The van der Waals surface area contributed by atoms with Gasteiger partial charge in [-0.25, -0.2) is 4.79 Å². The third-order valence-corrected chi connectivity index (χ3v) is 4.08. The van der Waals surface area contributed by atoms with Gasteiger partial charge in [0.1, 0.15) is 5.75 Å². The first kappa shape index (κ1) is 14.9. The zero-order valence-electron chi connectivity index (χ0n) is 10.8. The normalized spacial score (nSPS) is 10.3. The minimum absolute atomic E-state index is 0.221. The van der Waals surface area contributed by atoms with Gasteiger partial charge in [0.15, 0.2) is 0 Å². The molecule has 0 heterocycles. The Labute approximate surface area is 130 Å². The molecule has 0 atom stereocenters. The molecule has 0 aliphatic heterocycles. The molecular formula is C15H13BrO3S. The van der Waals surface area contributed by atoms with Crippen LogP contribution in [0.2, 0.25) is 0 Å². The van der Waals surface area contributed by atoms with E-state index in [1.54, 1.807) is 25.1 Å². The highest BCUT2D eigenvalue weighted by molar-refractivity contribution is 9.10. The second kappa shape index (κ2) is 6.81. The van der Waals surface area contributed by atoms with E-state index in [4.69, 9.17) is 4.74 Å². The Hall–Kier alpha value is -1.46. The molecule has 5 heteroatoms. The van der Waals surface area contributed by atoms with Gasteiger partial charge in [-0.1, -0.05) is 27.7 Å². The Bertz CT molecular complexity index is 611. The van der Waals surface area contributed by atoms with Gasteiger partial charge in [0.25, 0.3) is 0 Å². The summed E-state index contributed by atoms with van der Waals surface area (Å²) in [6.45, 7) is 2.14. The van der Waals surface area contributed by atoms with E-state index in [1.807, 2.05) is 24.3 Å². The zero-order valence-corrected chi connectivity index (χ0v) is 13.2. The lowest BCUT2D eigenvalue weighted by molar-refractivity contribution is 0.0526. The number of hydrogen-bond acceptors (Lipinski definition) is 4. The van der Waals surface area contributed by atoms with Gasteiger partial charge in [0.05, 0.1) is 17.1 Å². The highest BCUT2D eigenvalue weighted by atomic mass is 79.9. The molecule has 0 bridgehead atoms. The Kier molecular flexibility index (Phi) is 5.09. The van der Waals surface area contributed by atoms with Crippen LogP contribution >= 0.6 is 27.7 Å². The fourth-order valence-corrected chi connectivity index (χ4v) is 2.75. The highest BCUT2D eigenvalue weighted by Crippen LogP contribution is 2.35. The lowest BCUT2D eigenvalue weighted by atomic mass is 10.2. The number of benzene rings is 2. The first-order valence-corrected chi connectivity index (χ1v) is 7.64. The maximum Gasteiger partial charge on any atom is 0.338 e. The lowest BCUT2D eigenvalue weighted by Crippen LogP contribution is -2.03. The van der Waals surface area contributed by atoms with Gasteiger partial charge < -0.3 is 9.84 Å². The Balaban J connectivity index is 2.12. The van der Waals surface area contributed by atoms with Crippen LogP contribution in [-0.2, 0) is 4.74 Å². The van der Waals surface area contributed by atoms with Crippen molar-refractivity contribution in [3.8, 4) is 5.75 Å². The van der Waals surface area contributed by atoms with Gasteiger partial charge in [0.2, 0.25) is 0 Å². The van der Waals surface area contributed by atoms with Crippen LogP contribution in [0.5, 0.6) is 5.75 Å². The molecule has 2 rings (SSSR count). The van der Waals surface area contributed by atoms with E-state index in [9.17, 15) is 9.90 Å². The first-order chi connectivity index (χ1) is 9.60. The van der Waals surface area contributed by atoms with Gasteiger partial charge in [-0.05, 0) is 49.4 Å². The minimum atomic E-state index is -0.324. The summed E-state index contributed by atoms with van der Waals surface area (Å²) < 4.78 is 5.76. The van der Waals surface area contributed by atoms with Crippen LogP contribution in [0.4, 0.5) is 0 Å². The molecular weight excluding hydrogens is 340 g/mol. The van der Waals surface area contributed by atoms with Crippen LogP contribution in [0.15, 0.2) is 56.7 Å². The van der Waals surface area contributed by atoms with Crippen LogP contribution in [-0.4, -0.2) is 17.7 Å². The molecule has 0 aliphatic rings. The molecule has 0 saturated carbocycles. The van der Waals surface area contributed by atoms with Crippen LogP contribution < -0.4 is 0 Å². The third kappa shape index (κ3) is 3.77. The standard InChI is InChI=1S/C15H13BrO3S/c1-2-19-15(18)10-3-6-12(7-4-10)20-14-8-5-11(16)9-13(14)17/h3-9,17H,2H2,1H3. The fourth-order valence-electron chi connectivity index (χ4n) is 1.58. The van der Waals surface area contributed by atoms with Crippen LogP contribution in [0.3, 0.4) is 0 Å².